The zero-order valence-electron chi connectivity index (χ0n) is 16.6. The quantitative estimate of drug-likeness (QED) is 0.485. The molecule has 1 aromatic heterocycles. The van der Waals surface area contributed by atoms with Gasteiger partial charge in [-0.1, -0.05) is 35.9 Å². The van der Waals surface area contributed by atoms with E-state index in [2.05, 4.69) is 15.8 Å². The standard InChI is InChI=1S/C23H21F3N2O2/c1-16-9-19(11-21(10-16)20-6-3-17(2)27-12-20)14-28(15-29)13-18-4-7-22(8-5-18)30-23(24,25)26/h3-12,15H,13-14H2,1-2H3. The Bertz CT molecular complexity index is 1000. The molecule has 0 aliphatic carbocycles. The van der Waals surface area contributed by atoms with Gasteiger partial charge in [0.05, 0.1) is 0 Å². The Labute approximate surface area is 172 Å². The maximum Gasteiger partial charge on any atom is 0.573 e. The third kappa shape index (κ3) is 6.07. The average molecular weight is 414 g/mol. The molecule has 1 heterocycles. The molecule has 0 spiro atoms. The maximum atomic E-state index is 12.3. The van der Waals surface area contributed by atoms with Gasteiger partial charge in [0.25, 0.3) is 0 Å². The predicted octanol–water partition coefficient (Wildman–Crippen LogP) is 5.42. The molecule has 2 aromatic carbocycles. The maximum absolute atomic E-state index is 12.3. The highest BCUT2D eigenvalue weighted by Crippen LogP contribution is 2.25. The van der Waals surface area contributed by atoms with Crippen molar-refractivity contribution in [3.8, 4) is 16.9 Å². The van der Waals surface area contributed by atoms with Gasteiger partial charge in [-0.2, -0.15) is 0 Å². The monoisotopic (exact) mass is 414 g/mol. The number of amides is 1. The minimum atomic E-state index is -4.73. The smallest absolute Gasteiger partial charge is 0.406 e. The second-order valence-electron chi connectivity index (χ2n) is 7.10. The normalized spacial score (nSPS) is 11.2. The average Bonchev–Trinajstić information content (AvgIpc) is 2.68. The van der Waals surface area contributed by atoms with Gasteiger partial charge in [-0.3, -0.25) is 9.78 Å². The molecular formula is C23H21F3N2O2. The Morgan fingerprint density at radius 2 is 1.63 bits per heavy atom. The number of aryl methyl sites for hydroxylation is 2. The third-order valence-corrected chi connectivity index (χ3v) is 4.46. The first-order valence-corrected chi connectivity index (χ1v) is 9.29. The molecule has 0 radical (unpaired) electrons. The van der Waals surface area contributed by atoms with E-state index in [-0.39, 0.29) is 12.3 Å². The van der Waals surface area contributed by atoms with E-state index in [0.29, 0.717) is 12.1 Å². The van der Waals surface area contributed by atoms with E-state index >= 15 is 0 Å². The van der Waals surface area contributed by atoms with Gasteiger partial charge in [-0.05, 0) is 54.8 Å². The molecule has 3 aromatic rings. The van der Waals surface area contributed by atoms with E-state index in [1.807, 2.05) is 44.3 Å². The Balaban J connectivity index is 1.72. The molecule has 4 nitrogen and oxygen atoms in total. The Hall–Kier alpha value is -3.35. The highest BCUT2D eigenvalue weighted by molar-refractivity contribution is 5.64. The van der Waals surface area contributed by atoms with Crippen LogP contribution >= 0.6 is 0 Å². The molecule has 0 unspecified atom stereocenters. The number of benzene rings is 2. The highest BCUT2D eigenvalue weighted by Gasteiger charge is 2.30. The van der Waals surface area contributed by atoms with E-state index in [1.54, 1.807) is 4.90 Å². The van der Waals surface area contributed by atoms with Crippen molar-refractivity contribution in [3.05, 3.63) is 83.2 Å². The van der Waals surface area contributed by atoms with Crippen LogP contribution in [0.3, 0.4) is 0 Å². The summed E-state index contributed by atoms with van der Waals surface area (Å²) in [4.78, 5) is 17.5. The number of aromatic nitrogens is 1. The first kappa shape index (κ1) is 21.4. The van der Waals surface area contributed by atoms with Crippen molar-refractivity contribution in [2.75, 3.05) is 0 Å². The molecule has 0 atom stereocenters. The predicted molar refractivity (Wildman–Crippen MR) is 108 cm³/mol. The van der Waals surface area contributed by atoms with Crippen LogP contribution in [0.2, 0.25) is 0 Å². The largest absolute Gasteiger partial charge is 0.573 e. The van der Waals surface area contributed by atoms with E-state index in [0.717, 1.165) is 34.4 Å². The van der Waals surface area contributed by atoms with Gasteiger partial charge in [-0.25, -0.2) is 0 Å². The van der Waals surface area contributed by atoms with Gasteiger partial charge in [0, 0.05) is 30.5 Å². The third-order valence-electron chi connectivity index (χ3n) is 4.46. The summed E-state index contributed by atoms with van der Waals surface area (Å²) in [5, 5.41) is 0. The lowest BCUT2D eigenvalue weighted by Gasteiger charge is -2.19. The van der Waals surface area contributed by atoms with E-state index < -0.39 is 6.36 Å². The van der Waals surface area contributed by atoms with Crippen LogP contribution in [-0.4, -0.2) is 22.7 Å². The lowest BCUT2D eigenvalue weighted by molar-refractivity contribution is -0.274. The van der Waals surface area contributed by atoms with Crippen LogP contribution in [-0.2, 0) is 17.9 Å². The lowest BCUT2D eigenvalue weighted by atomic mass is 10.0. The number of hydrogen-bond acceptors (Lipinski definition) is 3. The van der Waals surface area contributed by atoms with Crippen LogP contribution < -0.4 is 4.74 Å². The van der Waals surface area contributed by atoms with E-state index in [1.165, 1.54) is 24.3 Å². The Kier molecular flexibility index (Phi) is 6.40. The second kappa shape index (κ2) is 8.98. The molecule has 1 amide bonds. The van der Waals surface area contributed by atoms with Crippen LogP contribution in [0.1, 0.15) is 22.4 Å². The summed E-state index contributed by atoms with van der Waals surface area (Å²) in [6.07, 6.45) is -2.18. The van der Waals surface area contributed by atoms with Crippen LogP contribution in [0.15, 0.2) is 60.8 Å². The number of alkyl halides is 3. The number of carbonyl (C=O) groups is 1. The number of nitrogens with zero attached hydrogens (tertiary/aromatic N) is 2. The number of rotatable bonds is 7. The first-order chi connectivity index (χ1) is 14.2. The van der Waals surface area contributed by atoms with Gasteiger partial charge in [0.2, 0.25) is 6.41 Å². The van der Waals surface area contributed by atoms with Crippen LogP contribution in [0.25, 0.3) is 11.1 Å². The Morgan fingerprint density at radius 3 is 2.23 bits per heavy atom. The molecule has 156 valence electrons. The minimum Gasteiger partial charge on any atom is -0.406 e. The summed E-state index contributed by atoms with van der Waals surface area (Å²) in [5.41, 5.74) is 5.65. The second-order valence-corrected chi connectivity index (χ2v) is 7.10. The molecule has 0 saturated carbocycles. The van der Waals surface area contributed by atoms with Crippen LogP contribution in [0.5, 0.6) is 5.75 Å². The van der Waals surface area contributed by atoms with Gasteiger partial charge < -0.3 is 9.64 Å². The molecule has 3 rings (SSSR count). The van der Waals surface area contributed by atoms with Gasteiger partial charge in [-0.15, -0.1) is 13.2 Å². The zero-order chi connectivity index (χ0) is 21.7. The molecule has 0 fully saturated rings. The summed E-state index contributed by atoms with van der Waals surface area (Å²) >= 11 is 0. The van der Waals surface area contributed by atoms with Gasteiger partial charge in [0.1, 0.15) is 5.75 Å². The van der Waals surface area contributed by atoms with Gasteiger partial charge in [0.15, 0.2) is 0 Å². The first-order valence-electron chi connectivity index (χ1n) is 9.29. The van der Waals surface area contributed by atoms with Crippen molar-refractivity contribution in [3.63, 3.8) is 0 Å². The summed E-state index contributed by atoms with van der Waals surface area (Å²) in [6.45, 7) is 4.55. The summed E-state index contributed by atoms with van der Waals surface area (Å²) in [6, 6.07) is 15.5. The molecule has 0 aliphatic heterocycles. The molecular weight excluding hydrogens is 393 g/mol. The van der Waals surface area contributed by atoms with E-state index in [9.17, 15) is 18.0 Å². The Morgan fingerprint density at radius 1 is 0.933 bits per heavy atom. The fourth-order valence-corrected chi connectivity index (χ4v) is 3.15. The zero-order valence-corrected chi connectivity index (χ0v) is 16.6. The van der Waals surface area contributed by atoms with Crippen molar-refractivity contribution >= 4 is 6.41 Å². The summed E-state index contributed by atoms with van der Waals surface area (Å²) in [7, 11) is 0. The number of halogens is 3. The number of pyridine rings is 1. The van der Waals surface area contributed by atoms with Crippen LogP contribution in [0.4, 0.5) is 13.2 Å². The van der Waals surface area contributed by atoms with Crippen molar-refractivity contribution < 1.29 is 22.7 Å². The van der Waals surface area contributed by atoms with Gasteiger partial charge >= 0.3 is 6.36 Å². The molecule has 0 saturated heterocycles. The summed E-state index contributed by atoms with van der Waals surface area (Å²) in [5.74, 6) is -0.293. The van der Waals surface area contributed by atoms with E-state index in [4.69, 9.17) is 0 Å². The number of carbonyl (C=O) groups excluding carboxylic acids is 1. The topological polar surface area (TPSA) is 42.4 Å². The molecule has 0 N–H and O–H groups in total. The number of hydrogen-bond donors (Lipinski definition) is 0. The van der Waals surface area contributed by atoms with Crippen LogP contribution in [0, 0.1) is 13.8 Å². The van der Waals surface area contributed by atoms with Crippen molar-refractivity contribution in [1.82, 2.24) is 9.88 Å². The highest BCUT2D eigenvalue weighted by atomic mass is 19.4. The summed E-state index contributed by atoms with van der Waals surface area (Å²) < 4.78 is 40.7. The fraction of sp³-hybridized carbons (Fsp3) is 0.217. The fourth-order valence-electron chi connectivity index (χ4n) is 3.15. The van der Waals surface area contributed by atoms with Crippen molar-refractivity contribution in [2.24, 2.45) is 0 Å². The molecule has 30 heavy (non-hydrogen) atoms. The SMILES string of the molecule is Cc1cc(CN(C=O)Cc2ccc(OC(F)(F)F)cc2)cc(-c2ccc(C)nc2)c1. The lowest BCUT2D eigenvalue weighted by Crippen LogP contribution is -2.21. The molecule has 0 bridgehead atoms. The molecule has 0 aliphatic rings. The molecule has 7 heteroatoms. The van der Waals surface area contributed by atoms with Crippen molar-refractivity contribution in [1.29, 1.82) is 0 Å². The van der Waals surface area contributed by atoms with Crippen molar-refractivity contribution in [2.45, 2.75) is 33.3 Å². The number of ether oxygens (including phenoxy) is 1. The minimum absolute atomic E-state index is 0.269.